The molecule has 4 nitrogen and oxygen atoms in total. The smallest absolute Gasteiger partial charge is 0.257 e. The van der Waals surface area contributed by atoms with E-state index in [-0.39, 0.29) is 5.91 Å². The molecule has 1 heterocycles. The van der Waals surface area contributed by atoms with Crippen molar-refractivity contribution < 1.29 is 9.53 Å². The van der Waals surface area contributed by atoms with Gasteiger partial charge >= 0.3 is 0 Å². The fraction of sp³-hybridized carbons (Fsp3) is 0.562. The summed E-state index contributed by atoms with van der Waals surface area (Å²) in [5, 5.41) is 0. The molecule has 1 aromatic carbocycles. The normalized spacial score (nSPS) is 22.1. The molecule has 1 aliphatic carbocycles. The molecule has 1 saturated heterocycles. The molecular formula is C16H22N2O2. The van der Waals surface area contributed by atoms with Crippen molar-refractivity contribution in [3.05, 3.63) is 29.8 Å². The van der Waals surface area contributed by atoms with Gasteiger partial charge in [-0.05, 0) is 49.8 Å². The zero-order valence-corrected chi connectivity index (χ0v) is 11.8. The van der Waals surface area contributed by atoms with Crippen LogP contribution in [0.4, 0.5) is 0 Å². The molecule has 0 radical (unpaired) electrons. The number of carbonyl (C=O) groups is 1. The molecule has 1 aromatic rings. The quantitative estimate of drug-likeness (QED) is 0.892. The van der Waals surface area contributed by atoms with Gasteiger partial charge in [-0.1, -0.05) is 12.1 Å². The molecule has 0 unspecified atom stereocenters. The number of nitrogens with zero attached hydrogens (tertiary/aromatic N) is 1. The lowest BCUT2D eigenvalue weighted by Gasteiger charge is -2.18. The van der Waals surface area contributed by atoms with Gasteiger partial charge in [0.15, 0.2) is 0 Å². The number of ether oxygens (including phenoxy) is 1. The summed E-state index contributed by atoms with van der Waals surface area (Å²) in [7, 11) is 0. The Labute approximate surface area is 119 Å². The molecule has 20 heavy (non-hydrogen) atoms. The SMILES string of the molecule is NC[C@@H]1CCN(C(=O)c2ccccc2OCC2CC2)C1. The van der Waals surface area contributed by atoms with Crippen molar-refractivity contribution >= 4 is 5.91 Å². The van der Waals surface area contributed by atoms with Crippen LogP contribution in [0.3, 0.4) is 0 Å². The highest BCUT2D eigenvalue weighted by atomic mass is 16.5. The Morgan fingerprint density at radius 3 is 2.75 bits per heavy atom. The minimum absolute atomic E-state index is 0.0762. The topological polar surface area (TPSA) is 55.6 Å². The van der Waals surface area contributed by atoms with Gasteiger partial charge in [-0.2, -0.15) is 0 Å². The van der Waals surface area contributed by atoms with E-state index in [0.29, 0.717) is 23.9 Å². The van der Waals surface area contributed by atoms with E-state index in [9.17, 15) is 4.79 Å². The van der Waals surface area contributed by atoms with Crippen molar-refractivity contribution in [2.24, 2.45) is 17.6 Å². The molecule has 2 aliphatic rings. The Balaban J connectivity index is 1.70. The third-order valence-corrected chi connectivity index (χ3v) is 4.20. The van der Waals surface area contributed by atoms with Crippen molar-refractivity contribution in [2.45, 2.75) is 19.3 Å². The van der Waals surface area contributed by atoms with Crippen LogP contribution in [0.2, 0.25) is 0 Å². The second-order valence-corrected chi connectivity index (χ2v) is 5.89. The van der Waals surface area contributed by atoms with E-state index in [4.69, 9.17) is 10.5 Å². The molecule has 0 spiro atoms. The summed E-state index contributed by atoms with van der Waals surface area (Å²) in [5.41, 5.74) is 6.38. The van der Waals surface area contributed by atoms with Gasteiger partial charge in [0.25, 0.3) is 5.91 Å². The van der Waals surface area contributed by atoms with E-state index in [1.807, 2.05) is 29.2 Å². The molecule has 0 aromatic heterocycles. The first-order valence-electron chi connectivity index (χ1n) is 7.49. The molecule has 3 rings (SSSR count). The zero-order valence-electron chi connectivity index (χ0n) is 11.8. The van der Waals surface area contributed by atoms with Crippen LogP contribution in [-0.4, -0.2) is 37.0 Å². The van der Waals surface area contributed by atoms with Gasteiger partial charge in [0, 0.05) is 13.1 Å². The van der Waals surface area contributed by atoms with Gasteiger partial charge in [-0.3, -0.25) is 4.79 Å². The van der Waals surface area contributed by atoms with Crippen molar-refractivity contribution in [2.75, 3.05) is 26.2 Å². The first kappa shape index (κ1) is 13.4. The Kier molecular flexibility index (Phi) is 3.92. The summed E-state index contributed by atoms with van der Waals surface area (Å²) in [6.45, 7) is 2.96. The van der Waals surface area contributed by atoms with E-state index >= 15 is 0 Å². The molecule has 2 N–H and O–H groups in total. The average Bonchev–Trinajstić information content (AvgIpc) is 3.19. The van der Waals surface area contributed by atoms with E-state index < -0.39 is 0 Å². The first-order valence-corrected chi connectivity index (χ1v) is 7.49. The highest BCUT2D eigenvalue weighted by Crippen LogP contribution is 2.31. The molecule has 108 valence electrons. The number of hydrogen-bond donors (Lipinski definition) is 1. The van der Waals surface area contributed by atoms with Gasteiger partial charge in [0.1, 0.15) is 5.75 Å². The van der Waals surface area contributed by atoms with Crippen LogP contribution in [0.15, 0.2) is 24.3 Å². The van der Waals surface area contributed by atoms with E-state index in [1.165, 1.54) is 12.8 Å². The average molecular weight is 274 g/mol. The molecule has 1 aliphatic heterocycles. The molecule has 1 atom stereocenters. The lowest BCUT2D eigenvalue weighted by molar-refractivity contribution is 0.0783. The highest BCUT2D eigenvalue weighted by Gasteiger charge is 2.28. The maximum absolute atomic E-state index is 12.6. The molecule has 4 heteroatoms. The number of hydrogen-bond acceptors (Lipinski definition) is 3. The summed E-state index contributed by atoms with van der Waals surface area (Å²) >= 11 is 0. The lowest BCUT2D eigenvalue weighted by Crippen LogP contribution is -2.30. The summed E-state index contributed by atoms with van der Waals surface area (Å²) in [6, 6.07) is 7.58. The first-order chi connectivity index (χ1) is 9.78. The van der Waals surface area contributed by atoms with Crippen LogP contribution in [0.5, 0.6) is 5.75 Å². The minimum atomic E-state index is 0.0762. The van der Waals surface area contributed by atoms with Gasteiger partial charge in [0.2, 0.25) is 0 Å². The maximum Gasteiger partial charge on any atom is 0.257 e. The fourth-order valence-corrected chi connectivity index (χ4v) is 2.64. The van der Waals surface area contributed by atoms with Crippen molar-refractivity contribution in [3.63, 3.8) is 0 Å². The largest absolute Gasteiger partial charge is 0.492 e. The minimum Gasteiger partial charge on any atom is -0.492 e. The van der Waals surface area contributed by atoms with Crippen LogP contribution < -0.4 is 10.5 Å². The number of carbonyl (C=O) groups excluding carboxylic acids is 1. The number of para-hydroxylation sites is 1. The Bertz CT molecular complexity index is 485. The fourth-order valence-electron chi connectivity index (χ4n) is 2.64. The monoisotopic (exact) mass is 274 g/mol. The Hall–Kier alpha value is -1.55. The van der Waals surface area contributed by atoms with E-state index in [0.717, 1.165) is 31.9 Å². The molecule has 2 fully saturated rings. The van der Waals surface area contributed by atoms with Crippen molar-refractivity contribution in [1.82, 2.24) is 4.90 Å². The van der Waals surface area contributed by atoms with Crippen LogP contribution in [0.25, 0.3) is 0 Å². The molecule has 1 amide bonds. The van der Waals surface area contributed by atoms with Crippen LogP contribution in [0.1, 0.15) is 29.6 Å². The standard InChI is InChI=1S/C16H22N2O2/c17-9-13-7-8-18(10-13)16(19)14-3-1-2-4-15(14)20-11-12-5-6-12/h1-4,12-13H,5-11,17H2/t13-/m0/s1. The van der Waals surface area contributed by atoms with Crippen LogP contribution in [0, 0.1) is 11.8 Å². The van der Waals surface area contributed by atoms with Crippen molar-refractivity contribution in [1.29, 1.82) is 0 Å². The third kappa shape index (κ3) is 2.96. The molecule has 1 saturated carbocycles. The van der Waals surface area contributed by atoms with Gasteiger partial charge in [-0.15, -0.1) is 0 Å². The number of nitrogens with two attached hydrogens (primary N) is 1. The van der Waals surface area contributed by atoms with Crippen molar-refractivity contribution in [3.8, 4) is 5.75 Å². The van der Waals surface area contributed by atoms with Gasteiger partial charge in [0.05, 0.1) is 12.2 Å². The Morgan fingerprint density at radius 1 is 1.25 bits per heavy atom. The Morgan fingerprint density at radius 2 is 2.05 bits per heavy atom. The highest BCUT2D eigenvalue weighted by molar-refractivity contribution is 5.97. The molecule has 0 bridgehead atoms. The number of benzene rings is 1. The lowest BCUT2D eigenvalue weighted by atomic mass is 10.1. The van der Waals surface area contributed by atoms with Crippen LogP contribution >= 0.6 is 0 Å². The zero-order chi connectivity index (χ0) is 13.9. The number of amides is 1. The maximum atomic E-state index is 12.6. The predicted octanol–water partition coefficient (Wildman–Crippen LogP) is 1.90. The van der Waals surface area contributed by atoms with E-state index in [1.54, 1.807) is 0 Å². The van der Waals surface area contributed by atoms with Crippen LogP contribution in [-0.2, 0) is 0 Å². The predicted molar refractivity (Wildman–Crippen MR) is 77.7 cm³/mol. The van der Waals surface area contributed by atoms with E-state index in [2.05, 4.69) is 0 Å². The number of likely N-dealkylation sites (tertiary alicyclic amines) is 1. The summed E-state index contributed by atoms with van der Waals surface area (Å²) in [5.74, 6) is 1.93. The van der Waals surface area contributed by atoms with Gasteiger partial charge in [-0.25, -0.2) is 0 Å². The van der Waals surface area contributed by atoms with Gasteiger partial charge < -0.3 is 15.4 Å². The summed E-state index contributed by atoms with van der Waals surface area (Å²) in [6.07, 6.45) is 3.51. The number of rotatable bonds is 5. The summed E-state index contributed by atoms with van der Waals surface area (Å²) < 4.78 is 5.82. The third-order valence-electron chi connectivity index (χ3n) is 4.20. The summed E-state index contributed by atoms with van der Waals surface area (Å²) in [4.78, 5) is 14.5. The second-order valence-electron chi connectivity index (χ2n) is 5.89. The second kappa shape index (κ2) is 5.83. The molecular weight excluding hydrogens is 252 g/mol.